The van der Waals surface area contributed by atoms with E-state index in [0.29, 0.717) is 12.8 Å². The molecule has 0 aromatic carbocycles. The molecule has 42 heavy (non-hydrogen) atoms. The van der Waals surface area contributed by atoms with Gasteiger partial charge in [-0.2, -0.15) is 0 Å². The lowest BCUT2D eigenvalue weighted by molar-refractivity contribution is -0.323. The zero-order valence-electron chi connectivity index (χ0n) is 28.1. The van der Waals surface area contributed by atoms with Crippen LogP contribution in [0, 0.1) is 41.4 Å². The Bertz CT molecular complexity index is 971. The van der Waals surface area contributed by atoms with Gasteiger partial charge in [0.25, 0.3) is 0 Å². The van der Waals surface area contributed by atoms with Gasteiger partial charge in [0.1, 0.15) is 11.4 Å². The van der Waals surface area contributed by atoms with Crippen molar-refractivity contribution < 1.29 is 39.1 Å². The Morgan fingerprint density at radius 3 is 2.14 bits per heavy atom. The molecule has 4 rings (SSSR count). The number of aliphatic hydroxyl groups is 3. The van der Waals surface area contributed by atoms with Crippen LogP contribution in [0.2, 0.25) is 0 Å². The number of carbonyl (C=O) groups is 1. The smallest absolute Gasteiger partial charge is 0.201 e. The molecule has 4 saturated heterocycles. The molecule has 0 aromatic heterocycles. The van der Waals surface area contributed by atoms with E-state index in [-0.39, 0.29) is 41.3 Å². The SMILES string of the molecule is CC[C@H](C(=O)[C@@H](C)[C@@H](O)[C@H](C)[C@H]1O[C@](C)(O)[C@H](CC)[C@H](O)[C@@H]1C)[C@H]1O[C@](C)(C23O[C@@H](CC)[C@](CC)(C[C@H]2C)O3)C[C@@H]1C. The van der Waals surface area contributed by atoms with Crippen LogP contribution in [0.1, 0.15) is 115 Å². The highest BCUT2D eigenvalue weighted by Gasteiger charge is 2.73. The fourth-order valence-corrected chi connectivity index (χ4v) is 9.61. The van der Waals surface area contributed by atoms with E-state index in [1.807, 2.05) is 27.7 Å². The Kier molecular flexibility index (Phi) is 9.76. The van der Waals surface area contributed by atoms with Crippen LogP contribution in [0.4, 0.5) is 0 Å². The van der Waals surface area contributed by atoms with Gasteiger partial charge in [0.2, 0.25) is 5.79 Å². The van der Waals surface area contributed by atoms with Gasteiger partial charge in [-0.25, -0.2) is 0 Å². The quantitative estimate of drug-likeness (QED) is 0.297. The summed E-state index contributed by atoms with van der Waals surface area (Å²) in [5, 5.41) is 33.5. The summed E-state index contributed by atoms with van der Waals surface area (Å²) in [7, 11) is 0. The molecule has 16 atom stereocenters. The van der Waals surface area contributed by atoms with Crippen molar-refractivity contribution in [2.45, 2.75) is 168 Å². The summed E-state index contributed by atoms with van der Waals surface area (Å²) in [5.74, 6) is -4.36. The summed E-state index contributed by atoms with van der Waals surface area (Å²) in [5.41, 5.74) is -0.979. The largest absolute Gasteiger partial charge is 0.392 e. The maximum atomic E-state index is 14.1. The van der Waals surface area contributed by atoms with Gasteiger partial charge in [0, 0.05) is 35.5 Å². The maximum Gasteiger partial charge on any atom is 0.201 e. The lowest BCUT2D eigenvalue weighted by atomic mass is 9.72. The second-order valence-corrected chi connectivity index (χ2v) is 14.9. The number of rotatable bonds is 11. The first-order valence-corrected chi connectivity index (χ1v) is 16.8. The standard InChI is InChI=1S/C34H60O8/c1-12-23(27(36)20(7)26(35)21(8)30-22(9)28(37)24(13-2)32(11,38)41-30)29-18(5)16-31(10,40-29)34-19(6)17-33(15-4,42-34)25(14-3)39-34/h18-26,28-30,35,37-38H,12-17H2,1-11H3/t18-,19+,20-,21-,22-,23+,24+,25-,26+,28+,29-,30+,31-,32-,33-,34?/m0/s1. The summed E-state index contributed by atoms with van der Waals surface area (Å²) in [4.78, 5) is 14.1. The number of aliphatic hydroxyl groups excluding tert-OH is 2. The van der Waals surface area contributed by atoms with E-state index >= 15 is 0 Å². The molecule has 4 heterocycles. The number of hydrogen-bond donors (Lipinski definition) is 3. The summed E-state index contributed by atoms with van der Waals surface area (Å²) in [6, 6.07) is 0. The van der Waals surface area contributed by atoms with Gasteiger partial charge in [-0.05, 0) is 58.3 Å². The Balaban J connectivity index is 1.51. The first-order valence-electron chi connectivity index (χ1n) is 16.8. The number of Topliss-reactive ketones (excluding diaryl/α,β-unsaturated/α-hetero) is 1. The van der Waals surface area contributed by atoms with E-state index in [4.69, 9.17) is 18.9 Å². The highest BCUT2D eigenvalue weighted by atomic mass is 16.8. The number of hydrogen-bond acceptors (Lipinski definition) is 8. The third kappa shape index (κ3) is 5.13. The fraction of sp³-hybridized carbons (Fsp3) is 0.971. The van der Waals surface area contributed by atoms with Crippen LogP contribution in [0.15, 0.2) is 0 Å². The Labute approximate surface area is 254 Å². The van der Waals surface area contributed by atoms with Crippen molar-refractivity contribution >= 4 is 5.78 Å². The van der Waals surface area contributed by atoms with Gasteiger partial charge in [-0.15, -0.1) is 0 Å². The van der Waals surface area contributed by atoms with E-state index in [2.05, 4.69) is 34.6 Å². The van der Waals surface area contributed by atoms with Gasteiger partial charge in [-0.1, -0.05) is 62.3 Å². The van der Waals surface area contributed by atoms with Gasteiger partial charge in [0.15, 0.2) is 5.79 Å². The number of ether oxygens (including phenoxy) is 4. The third-order valence-corrected chi connectivity index (χ3v) is 12.1. The Morgan fingerprint density at radius 1 is 0.952 bits per heavy atom. The van der Waals surface area contributed by atoms with E-state index in [9.17, 15) is 20.1 Å². The van der Waals surface area contributed by atoms with Crippen molar-refractivity contribution in [1.29, 1.82) is 0 Å². The number of carbonyl (C=O) groups excluding carboxylic acids is 1. The minimum atomic E-state index is -1.51. The van der Waals surface area contributed by atoms with Crippen molar-refractivity contribution in [3.63, 3.8) is 0 Å². The van der Waals surface area contributed by atoms with E-state index in [0.717, 1.165) is 25.7 Å². The predicted octanol–water partition coefficient (Wildman–Crippen LogP) is 5.24. The Morgan fingerprint density at radius 2 is 1.60 bits per heavy atom. The van der Waals surface area contributed by atoms with Crippen LogP contribution < -0.4 is 0 Å². The van der Waals surface area contributed by atoms with Gasteiger partial charge >= 0.3 is 0 Å². The summed E-state index contributed by atoms with van der Waals surface area (Å²) >= 11 is 0. The maximum absolute atomic E-state index is 14.1. The van der Waals surface area contributed by atoms with Crippen molar-refractivity contribution in [3.05, 3.63) is 0 Å². The van der Waals surface area contributed by atoms with Crippen molar-refractivity contribution in [1.82, 2.24) is 0 Å². The molecular formula is C34H60O8. The monoisotopic (exact) mass is 596 g/mol. The lowest BCUT2D eigenvalue weighted by Crippen LogP contribution is -2.59. The molecule has 0 aliphatic carbocycles. The third-order valence-electron chi connectivity index (χ3n) is 12.1. The summed E-state index contributed by atoms with van der Waals surface area (Å²) in [6.45, 7) is 21.8. The van der Waals surface area contributed by atoms with Crippen LogP contribution in [0.3, 0.4) is 0 Å². The topological polar surface area (TPSA) is 115 Å². The van der Waals surface area contributed by atoms with Crippen molar-refractivity contribution in [3.8, 4) is 0 Å². The molecule has 2 bridgehead atoms. The molecule has 8 heteroatoms. The predicted molar refractivity (Wildman–Crippen MR) is 160 cm³/mol. The van der Waals surface area contributed by atoms with E-state index < -0.39 is 59.2 Å². The van der Waals surface area contributed by atoms with Gasteiger partial charge in [0.05, 0.1) is 36.1 Å². The van der Waals surface area contributed by atoms with Crippen molar-refractivity contribution in [2.24, 2.45) is 41.4 Å². The van der Waals surface area contributed by atoms with Gasteiger partial charge in [-0.3, -0.25) is 4.79 Å². The fourth-order valence-electron chi connectivity index (χ4n) is 9.61. The van der Waals surface area contributed by atoms with Crippen LogP contribution in [-0.2, 0) is 23.7 Å². The van der Waals surface area contributed by atoms with Crippen molar-refractivity contribution in [2.75, 3.05) is 0 Å². The first-order chi connectivity index (χ1) is 19.5. The normalized spacial score (nSPS) is 50.0. The molecule has 4 fully saturated rings. The first kappa shape index (κ1) is 34.3. The minimum Gasteiger partial charge on any atom is -0.392 e. The highest BCUT2D eigenvalue weighted by Crippen LogP contribution is 2.63. The molecule has 4 aliphatic heterocycles. The second kappa shape index (κ2) is 12.0. The molecule has 0 aromatic rings. The molecule has 4 aliphatic rings. The second-order valence-electron chi connectivity index (χ2n) is 14.9. The zero-order chi connectivity index (χ0) is 31.6. The number of ketones is 1. The molecule has 0 saturated carbocycles. The molecule has 244 valence electrons. The van der Waals surface area contributed by atoms with Crippen LogP contribution in [0.25, 0.3) is 0 Å². The van der Waals surface area contributed by atoms with E-state index in [1.165, 1.54) is 0 Å². The average Bonchev–Trinajstić information content (AvgIpc) is 3.56. The lowest BCUT2D eigenvalue weighted by Gasteiger charge is -2.50. The highest BCUT2D eigenvalue weighted by molar-refractivity contribution is 5.84. The summed E-state index contributed by atoms with van der Waals surface area (Å²) < 4.78 is 26.7. The Hall–Kier alpha value is -0.610. The molecule has 0 spiro atoms. The molecule has 3 N–H and O–H groups in total. The molecular weight excluding hydrogens is 536 g/mol. The zero-order valence-corrected chi connectivity index (χ0v) is 28.1. The van der Waals surface area contributed by atoms with Gasteiger partial charge < -0.3 is 34.3 Å². The van der Waals surface area contributed by atoms with E-state index in [1.54, 1.807) is 13.8 Å². The van der Waals surface area contributed by atoms with Crippen LogP contribution >= 0.6 is 0 Å². The summed E-state index contributed by atoms with van der Waals surface area (Å²) in [6.07, 6.45) is 1.96. The van der Waals surface area contributed by atoms with Crippen LogP contribution in [-0.4, -0.2) is 74.4 Å². The average molecular weight is 597 g/mol. The minimum absolute atomic E-state index is 0.0280. The van der Waals surface area contributed by atoms with Crippen LogP contribution in [0.5, 0.6) is 0 Å². The number of fused-ring (bicyclic) bond motifs is 2. The molecule has 0 amide bonds. The molecule has 1 unspecified atom stereocenters. The molecule has 8 nitrogen and oxygen atoms in total. The molecule has 0 radical (unpaired) electrons.